The van der Waals surface area contributed by atoms with Crippen LogP contribution in [0.25, 0.3) is 0 Å². The van der Waals surface area contributed by atoms with Crippen molar-refractivity contribution in [3.8, 4) is 0 Å². The predicted molar refractivity (Wildman–Crippen MR) is 88.1 cm³/mol. The van der Waals surface area contributed by atoms with Gasteiger partial charge in [-0.3, -0.25) is 9.80 Å². The van der Waals surface area contributed by atoms with Gasteiger partial charge in [-0.1, -0.05) is 11.6 Å². The van der Waals surface area contributed by atoms with Gasteiger partial charge < -0.3 is 9.84 Å². The smallest absolute Gasteiger partial charge is 0.0931 e. The van der Waals surface area contributed by atoms with Crippen LogP contribution in [0.2, 0.25) is 4.34 Å². The second-order valence-corrected chi connectivity index (χ2v) is 7.62. The van der Waals surface area contributed by atoms with Gasteiger partial charge in [0.1, 0.15) is 0 Å². The maximum atomic E-state index is 9.96. The Balaban J connectivity index is 1.66. The summed E-state index contributed by atoms with van der Waals surface area (Å²) in [6.45, 7) is 10.1. The summed E-state index contributed by atoms with van der Waals surface area (Å²) in [6.07, 6.45) is -0.218. The molecule has 0 spiro atoms. The zero-order valence-electron chi connectivity index (χ0n) is 12.8. The minimum atomic E-state index is -0.393. The summed E-state index contributed by atoms with van der Waals surface area (Å²) in [5.74, 6) is 0. The zero-order valence-corrected chi connectivity index (χ0v) is 14.4. The predicted octanol–water partition coefficient (Wildman–Crippen LogP) is 2.30. The molecular weight excluding hydrogens is 308 g/mol. The van der Waals surface area contributed by atoms with Gasteiger partial charge in [0, 0.05) is 44.1 Å². The molecule has 120 valence electrons. The van der Waals surface area contributed by atoms with Crippen LogP contribution in [0.3, 0.4) is 0 Å². The molecule has 1 saturated heterocycles. The first-order chi connectivity index (χ1) is 10.0. The van der Waals surface area contributed by atoms with Gasteiger partial charge in [0.2, 0.25) is 0 Å². The maximum Gasteiger partial charge on any atom is 0.0931 e. The van der Waals surface area contributed by atoms with Crippen LogP contribution in [0.1, 0.15) is 18.7 Å². The largest absolute Gasteiger partial charge is 0.389 e. The summed E-state index contributed by atoms with van der Waals surface area (Å²) in [7, 11) is 0. The highest BCUT2D eigenvalue weighted by Crippen LogP contribution is 2.23. The average Bonchev–Trinajstić information content (AvgIpc) is 2.84. The topological polar surface area (TPSA) is 35.9 Å². The molecule has 1 unspecified atom stereocenters. The van der Waals surface area contributed by atoms with Crippen LogP contribution in [-0.4, -0.2) is 66.4 Å². The molecule has 0 saturated carbocycles. The number of aliphatic hydroxyl groups is 1. The van der Waals surface area contributed by atoms with Crippen LogP contribution in [0.5, 0.6) is 0 Å². The first-order valence-electron chi connectivity index (χ1n) is 7.51. The SMILES string of the molecule is CC(C)OCC(O)CN1CCN(Cc2ccc(Cl)s2)CC1. The molecular formula is C15H25ClN2O2S. The quantitative estimate of drug-likeness (QED) is 0.831. The lowest BCUT2D eigenvalue weighted by molar-refractivity contribution is -0.0148. The molecule has 1 atom stereocenters. The van der Waals surface area contributed by atoms with Crippen LogP contribution < -0.4 is 0 Å². The lowest BCUT2D eigenvalue weighted by Gasteiger charge is -2.35. The van der Waals surface area contributed by atoms with E-state index in [1.807, 2.05) is 19.9 Å². The molecule has 0 aromatic carbocycles. The molecule has 4 nitrogen and oxygen atoms in total. The van der Waals surface area contributed by atoms with Gasteiger partial charge in [-0.15, -0.1) is 11.3 Å². The van der Waals surface area contributed by atoms with Crippen molar-refractivity contribution in [3.63, 3.8) is 0 Å². The molecule has 0 radical (unpaired) electrons. The molecule has 0 aliphatic carbocycles. The molecule has 2 heterocycles. The second kappa shape index (κ2) is 8.46. The van der Waals surface area contributed by atoms with E-state index in [4.69, 9.17) is 16.3 Å². The van der Waals surface area contributed by atoms with E-state index in [0.717, 1.165) is 37.1 Å². The van der Waals surface area contributed by atoms with Gasteiger partial charge in [0.15, 0.2) is 0 Å². The highest BCUT2D eigenvalue weighted by atomic mass is 35.5. The van der Waals surface area contributed by atoms with E-state index in [-0.39, 0.29) is 6.10 Å². The van der Waals surface area contributed by atoms with Crippen LogP contribution in [0.15, 0.2) is 12.1 Å². The van der Waals surface area contributed by atoms with Crippen molar-refractivity contribution in [1.29, 1.82) is 0 Å². The number of piperazine rings is 1. The van der Waals surface area contributed by atoms with Crippen LogP contribution in [0.4, 0.5) is 0 Å². The molecule has 1 aliphatic rings. The van der Waals surface area contributed by atoms with Crippen molar-refractivity contribution in [2.24, 2.45) is 0 Å². The highest BCUT2D eigenvalue weighted by molar-refractivity contribution is 7.16. The number of hydrogen-bond donors (Lipinski definition) is 1. The Bertz CT molecular complexity index is 420. The van der Waals surface area contributed by atoms with Crippen molar-refractivity contribution in [2.45, 2.75) is 32.6 Å². The molecule has 1 aromatic heterocycles. The average molecular weight is 333 g/mol. The molecule has 1 fully saturated rings. The normalized spacial score (nSPS) is 19.3. The third kappa shape index (κ3) is 6.22. The standard InChI is InChI=1S/C15H25ClN2O2S/c1-12(2)20-11-13(19)9-17-5-7-18(8-6-17)10-14-3-4-15(16)21-14/h3-4,12-13,19H,5-11H2,1-2H3. The summed E-state index contributed by atoms with van der Waals surface area (Å²) in [5, 5.41) is 9.96. The van der Waals surface area contributed by atoms with Crippen molar-refractivity contribution >= 4 is 22.9 Å². The Hall–Kier alpha value is -0.170. The number of rotatable bonds is 7. The summed E-state index contributed by atoms with van der Waals surface area (Å²) in [5.41, 5.74) is 0. The second-order valence-electron chi connectivity index (χ2n) is 5.82. The van der Waals surface area contributed by atoms with Crippen molar-refractivity contribution in [1.82, 2.24) is 9.80 Å². The summed E-state index contributed by atoms with van der Waals surface area (Å²) in [6, 6.07) is 4.06. The van der Waals surface area contributed by atoms with Crippen LogP contribution in [0, 0.1) is 0 Å². The monoisotopic (exact) mass is 332 g/mol. The Labute approximate surface area is 136 Å². The Morgan fingerprint density at radius 3 is 2.48 bits per heavy atom. The first-order valence-corrected chi connectivity index (χ1v) is 8.71. The van der Waals surface area contributed by atoms with Crippen LogP contribution >= 0.6 is 22.9 Å². The minimum Gasteiger partial charge on any atom is -0.389 e. The fraction of sp³-hybridized carbons (Fsp3) is 0.733. The van der Waals surface area contributed by atoms with Gasteiger partial charge in [0.05, 0.1) is 23.2 Å². The zero-order chi connectivity index (χ0) is 15.2. The van der Waals surface area contributed by atoms with Gasteiger partial charge in [-0.2, -0.15) is 0 Å². The number of nitrogens with zero attached hydrogens (tertiary/aromatic N) is 2. The van der Waals surface area contributed by atoms with E-state index < -0.39 is 6.10 Å². The minimum absolute atomic E-state index is 0.175. The van der Waals surface area contributed by atoms with Crippen molar-refractivity contribution < 1.29 is 9.84 Å². The number of aliphatic hydroxyl groups excluding tert-OH is 1. The number of β-amino-alcohol motifs (C(OH)–C–C–N with tert-alkyl or cyclic N) is 1. The Morgan fingerprint density at radius 1 is 1.24 bits per heavy atom. The molecule has 1 aromatic rings. The molecule has 0 bridgehead atoms. The fourth-order valence-corrected chi connectivity index (χ4v) is 3.57. The Morgan fingerprint density at radius 2 is 1.90 bits per heavy atom. The van der Waals surface area contributed by atoms with Crippen LogP contribution in [-0.2, 0) is 11.3 Å². The van der Waals surface area contributed by atoms with E-state index in [0.29, 0.717) is 13.2 Å². The molecule has 1 N–H and O–H groups in total. The molecule has 21 heavy (non-hydrogen) atoms. The summed E-state index contributed by atoms with van der Waals surface area (Å²) in [4.78, 5) is 6.07. The molecule has 0 amide bonds. The van der Waals surface area contributed by atoms with Gasteiger partial charge in [-0.05, 0) is 26.0 Å². The molecule has 2 rings (SSSR count). The van der Waals surface area contributed by atoms with Gasteiger partial charge >= 0.3 is 0 Å². The van der Waals surface area contributed by atoms with E-state index in [1.165, 1.54) is 4.88 Å². The molecule has 1 aliphatic heterocycles. The lowest BCUT2D eigenvalue weighted by Crippen LogP contribution is -2.48. The maximum absolute atomic E-state index is 9.96. The number of halogens is 1. The van der Waals surface area contributed by atoms with Crippen molar-refractivity contribution in [3.05, 3.63) is 21.3 Å². The number of ether oxygens (including phenoxy) is 1. The highest BCUT2D eigenvalue weighted by Gasteiger charge is 2.19. The number of hydrogen-bond acceptors (Lipinski definition) is 5. The van der Waals surface area contributed by atoms with Gasteiger partial charge in [-0.25, -0.2) is 0 Å². The van der Waals surface area contributed by atoms with E-state index in [9.17, 15) is 5.11 Å². The fourth-order valence-electron chi connectivity index (χ4n) is 2.44. The first kappa shape index (κ1) is 17.2. The van der Waals surface area contributed by atoms with E-state index in [1.54, 1.807) is 11.3 Å². The lowest BCUT2D eigenvalue weighted by atomic mass is 10.2. The molecule has 6 heteroatoms. The summed E-state index contributed by atoms with van der Waals surface area (Å²) < 4.78 is 6.31. The third-order valence-corrected chi connectivity index (χ3v) is 4.78. The van der Waals surface area contributed by atoms with Gasteiger partial charge in [0.25, 0.3) is 0 Å². The Kier molecular flexibility index (Phi) is 6.92. The van der Waals surface area contributed by atoms with Crippen molar-refractivity contribution in [2.75, 3.05) is 39.3 Å². The number of thiophene rings is 1. The summed E-state index contributed by atoms with van der Waals surface area (Å²) >= 11 is 7.62. The van der Waals surface area contributed by atoms with E-state index in [2.05, 4.69) is 15.9 Å². The van der Waals surface area contributed by atoms with E-state index >= 15 is 0 Å². The third-order valence-electron chi connectivity index (χ3n) is 3.56.